The van der Waals surface area contributed by atoms with Crippen molar-refractivity contribution in [1.82, 2.24) is 10.1 Å². The molecule has 0 aliphatic heterocycles. The maximum absolute atomic E-state index is 6.18. The molecule has 96 valence electrons. The van der Waals surface area contributed by atoms with Crippen LogP contribution in [0.1, 0.15) is 18.7 Å². The zero-order valence-corrected chi connectivity index (χ0v) is 11.0. The summed E-state index contributed by atoms with van der Waals surface area (Å²) in [4.78, 5) is 4.25. The SMILES string of the molecule is CC(Oc1cc2oncc2cc1Cl)c1ccccn1. The summed E-state index contributed by atoms with van der Waals surface area (Å²) >= 11 is 6.18. The molecule has 0 radical (unpaired) electrons. The van der Waals surface area contributed by atoms with E-state index in [-0.39, 0.29) is 6.10 Å². The van der Waals surface area contributed by atoms with Crippen molar-refractivity contribution in [2.45, 2.75) is 13.0 Å². The summed E-state index contributed by atoms with van der Waals surface area (Å²) in [6.45, 7) is 1.92. The van der Waals surface area contributed by atoms with Gasteiger partial charge in [0.05, 0.1) is 16.9 Å². The molecule has 3 aromatic rings. The summed E-state index contributed by atoms with van der Waals surface area (Å²) < 4.78 is 10.9. The standard InChI is InChI=1S/C14H11ClN2O2/c1-9(12-4-2-3-5-16-12)18-14-7-13-10(6-11(14)15)8-17-19-13/h2-9H,1H3. The molecule has 0 aliphatic carbocycles. The molecule has 0 aliphatic rings. The molecule has 5 heteroatoms. The van der Waals surface area contributed by atoms with Crippen molar-refractivity contribution in [1.29, 1.82) is 0 Å². The molecule has 0 spiro atoms. The van der Waals surface area contributed by atoms with Gasteiger partial charge in [0.15, 0.2) is 5.58 Å². The zero-order valence-electron chi connectivity index (χ0n) is 10.2. The Kier molecular flexibility index (Phi) is 3.09. The molecule has 19 heavy (non-hydrogen) atoms. The van der Waals surface area contributed by atoms with E-state index in [1.165, 1.54) is 0 Å². The molecule has 1 atom stereocenters. The van der Waals surface area contributed by atoms with Crippen LogP contribution >= 0.6 is 11.6 Å². The van der Waals surface area contributed by atoms with Crippen LogP contribution in [0, 0.1) is 0 Å². The van der Waals surface area contributed by atoms with Gasteiger partial charge in [0.25, 0.3) is 0 Å². The molecule has 4 nitrogen and oxygen atoms in total. The lowest BCUT2D eigenvalue weighted by atomic mass is 10.2. The van der Waals surface area contributed by atoms with Crippen LogP contribution in [0.15, 0.2) is 47.2 Å². The van der Waals surface area contributed by atoms with Gasteiger partial charge in [-0.2, -0.15) is 0 Å². The van der Waals surface area contributed by atoms with E-state index in [1.807, 2.05) is 25.1 Å². The molecular formula is C14H11ClN2O2. The van der Waals surface area contributed by atoms with Crippen molar-refractivity contribution < 1.29 is 9.26 Å². The minimum Gasteiger partial charge on any atom is -0.483 e. The first-order chi connectivity index (χ1) is 9.24. The minimum absolute atomic E-state index is 0.195. The van der Waals surface area contributed by atoms with Gasteiger partial charge in [-0.25, -0.2) is 0 Å². The van der Waals surface area contributed by atoms with Crippen molar-refractivity contribution in [3.05, 3.63) is 53.4 Å². The van der Waals surface area contributed by atoms with Gasteiger partial charge in [0.2, 0.25) is 0 Å². The first-order valence-electron chi connectivity index (χ1n) is 5.85. The molecule has 2 aromatic heterocycles. The Hall–Kier alpha value is -2.07. The molecule has 0 saturated carbocycles. The highest BCUT2D eigenvalue weighted by atomic mass is 35.5. The van der Waals surface area contributed by atoms with Crippen LogP contribution in [0.25, 0.3) is 11.0 Å². The summed E-state index contributed by atoms with van der Waals surface area (Å²) in [5, 5.41) is 5.10. The first-order valence-corrected chi connectivity index (χ1v) is 6.23. The molecule has 0 saturated heterocycles. The number of nitrogens with zero attached hydrogens (tertiary/aromatic N) is 2. The Balaban J connectivity index is 1.90. The number of hydrogen-bond acceptors (Lipinski definition) is 4. The molecular weight excluding hydrogens is 264 g/mol. The summed E-state index contributed by atoms with van der Waals surface area (Å²) in [5.41, 5.74) is 1.49. The Morgan fingerprint density at radius 3 is 3.00 bits per heavy atom. The van der Waals surface area contributed by atoms with Crippen LogP contribution in [0.2, 0.25) is 5.02 Å². The zero-order chi connectivity index (χ0) is 13.2. The fourth-order valence-corrected chi connectivity index (χ4v) is 2.04. The number of pyridine rings is 1. The highest BCUT2D eigenvalue weighted by Crippen LogP contribution is 2.32. The Bertz CT molecular complexity index is 697. The van der Waals surface area contributed by atoms with E-state index in [2.05, 4.69) is 10.1 Å². The fourth-order valence-electron chi connectivity index (χ4n) is 1.83. The summed E-state index contributed by atoms with van der Waals surface area (Å²) in [5.74, 6) is 0.559. The highest BCUT2D eigenvalue weighted by Gasteiger charge is 2.13. The maximum Gasteiger partial charge on any atom is 0.170 e. The van der Waals surface area contributed by atoms with Crippen molar-refractivity contribution in [3.8, 4) is 5.75 Å². The molecule has 0 N–H and O–H groups in total. The number of hydrogen-bond donors (Lipinski definition) is 0. The van der Waals surface area contributed by atoms with Crippen LogP contribution < -0.4 is 4.74 Å². The van der Waals surface area contributed by atoms with E-state index >= 15 is 0 Å². The maximum atomic E-state index is 6.18. The topological polar surface area (TPSA) is 48.2 Å². The molecule has 0 amide bonds. The third-order valence-electron chi connectivity index (χ3n) is 2.82. The van der Waals surface area contributed by atoms with E-state index in [0.29, 0.717) is 16.4 Å². The van der Waals surface area contributed by atoms with E-state index in [4.69, 9.17) is 20.9 Å². The molecule has 0 bridgehead atoms. The van der Waals surface area contributed by atoms with Gasteiger partial charge >= 0.3 is 0 Å². The molecule has 2 heterocycles. The van der Waals surface area contributed by atoms with E-state index in [1.54, 1.807) is 24.5 Å². The van der Waals surface area contributed by atoms with Gasteiger partial charge < -0.3 is 9.26 Å². The largest absolute Gasteiger partial charge is 0.483 e. The van der Waals surface area contributed by atoms with Gasteiger partial charge in [-0.15, -0.1) is 0 Å². The summed E-state index contributed by atoms with van der Waals surface area (Å²) in [6.07, 6.45) is 3.16. The van der Waals surface area contributed by atoms with Crippen LogP contribution in [0.4, 0.5) is 0 Å². The third kappa shape index (κ3) is 2.39. The number of halogens is 1. The van der Waals surface area contributed by atoms with Crippen molar-refractivity contribution in [2.75, 3.05) is 0 Å². The monoisotopic (exact) mass is 274 g/mol. The quantitative estimate of drug-likeness (QED) is 0.724. The van der Waals surface area contributed by atoms with Gasteiger partial charge in [0, 0.05) is 17.6 Å². The Labute approximate surface area is 115 Å². The summed E-state index contributed by atoms with van der Waals surface area (Å²) in [7, 11) is 0. The van der Waals surface area contributed by atoms with Crippen LogP contribution in [0.3, 0.4) is 0 Å². The molecule has 1 aromatic carbocycles. The van der Waals surface area contributed by atoms with Crippen molar-refractivity contribution in [2.24, 2.45) is 0 Å². The van der Waals surface area contributed by atoms with E-state index < -0.39 is 0 Å². The minimum atomic E-state index is -0.195. The lowest BCUT2D eigenvalue weighted by Gasteiger charge is -2.14. The average Bonchev–Trinajstić information content (AvgIpc) is 2.87. The van der Waals surface area contributed by atoms with E-state index in [0.717, 1.165) is 11.1 Å². The van der Waals surface area contributed by atoms with Crippen LogP contribution in [-0.2, 0) is 0 Å². The predicted octanol–water partition coefficient (Wildman–Crippen LogP) is 4.02. The lowest BCUT2D eigenvalue weighted by molar-refractivity contribution is 0.222. The normalized spacial score (nSPS) is 12.5. The third-order valence-corrected chi connectivity index (χ3v) is 3.11. The molecule has 3 rings (SSSR count). The number of ether oxygens (including phenoxy) is 1. The Morgan fingerprint density at radius 1 is 1.32 bits per heavy atom. The van der Waals surface area contributed by atoms with Crippen molar-refractivity contribution >= 4 is 22.6 Å². The molecule has 0 fully saturated rings. The number of aromatic nitrogens is 2. The highest BCUT2D eigenvalue weighted by molar-refractivity contribution is 6.32. The fraction of sp³-hybridized carbons (Fsp3) is 0.143. The van der Waals surface area contributed by atoms with Gasteiger partial charge in [-0.3, -0.25) is 4.98 Å². The number of rotatable bonds is 3. The van der Waals surface area contributed by atoms with Crippen molar-refractivity contribution in [3.63, 3.8) is 0 Å². The van der Waals surface area contributed by atoms with Gasteiger partial charge in [-0.1, -0.05) is 22.8 Å². The number of fused-ring (bicyclic) bond motifs is 1. The lowest BCUT2D eigenvalue weighted by Crippen LogP contribution is -2.05. The second-order valence-electron chi connectivity index (χ2n) is 4.16. The summed E-state index contributed by atoms with van der Waals surface area (Å²) in [6, 6.07) is 9.21. The van der Waals surface area contributed by atoms with Crippen LogP contribution in [0.5, 0.6) is 5.75 Å². The predicted molar refractivity (Wildman–Crippen MR) is 72.3 cm³/mol. The first kappa shape index (κ1) is 12.0. The van der Waals surface area contributed by atoms with Gasteiger partial charge in [-0.05, 0) is 25.1 Å². The number of benzene rings is 1. The van der Waals surface area contributed by atoms with E-state index in [9.17, 15) is 0 Å². The Morgan fingerprint density at radius 2 is 2.21 bits per heavy atom. The van der Waals surface area contributed by atoms with Crippen LogP contribution in [-0.4, -0.2) is 10.1 Å². The molecule has 1 unspecified atom stereocenters. The second kappa shape index (κ2) is 4.90. The average molecular weight is 275 g/mol. The smallest absolute Gasteiger partial charge is 0.170 e. The second-order valence-corrected chi connectivity index (χ2v) is 4.57. The van der Waals surface area contributed by atoms with Gasteiger partial charge in [0.1, 0.15) is 11.9 Å².